The molecule has 4 N–H and O–H groups in total. The number of nitrogens with two attached hydrogens (primary N) is 2. The maximum atomic E-state index is 12.1. The molecule has 0 unspecified atom stereocenters. The van der Waals surface area contributed by atoms with Crippen LogP contribution in [0.1, 0.15) is 0 Å². The van der Waals surface area contributed by atoms with Crippen molar-refractivity contribution in [3.8, 4) is 22.3 Å². The summed E-state index contributed by atoms with van der Waals surface area (Å²) in [6.07, 6.45) is 0. The Morgan fingerprint density at radius 3 is 1.27 bits per heavy atom. The summed E-state index contributed by atoms with van der Waals surface area (Å²) in [7, 11) is 0. The molecular formula is C24H18N4O4S. The van der Waals surface area contributed by atoms with Crippen molar-refractivity contribution >= 4 is 34.5 Å². The molecule has 0 fully saturated rings. The van der Waals surface area contributed by atoms with Crippen LogP contribution < -0.4 is 11.5 Å². The van der Waals surface area contributed by atoms with E-state index in [1.807, 2.05) is 0 Å². The van der Waals surface area contributed by atoms with E-state index in [0.717, 1.165) is 11.8 Å². The Bertz CT molecular complexity index is 1290. The van der Waals surface area contributed by atoms with Crippen LogP contribution in [-0.4, -0.2) is 9.85 Å². The molecule has 0 aromatic heterocycles. The third-order valence-corrected chi connectivity index (χ3v) is 6.18. The number of anilines is 2. The van der Waals surface area contributed by atoms with Crippen LogP contribution in [0.2, 0.25) is 0 Å². The SMILES string of the molecule is Nc1ccccc1-c1cccc(Sc2cccc(-c3ccccc3N)c2[N+](=O)[O-])c1[N+](=O)[O-]. The maximum Gasteiger partial charge on any atom is 0.291 e. The third kappa shape index (κ3) is 4.21. The Labute approximate surface area is 193 Å². The number of nitro groups is 2. The molecule has 0 spiro atoms. The van der Waals surface area contributed by atoms with E-state index in [1.54, 1.807) is 84.9 Å². The predicted octanol–water partition coefficient (Wildman–Crippen LogP) is 6.15. The van der Waals surface area contributed by atoms with Crippen molar-refractivity contribution in [2.24, 2.45) is 0 Å². The molecule has 0 saturated carbocycles. The molecule has 0 bridgehead atoms. The van der Waals surface area contributed by atoms with Crippen molar-refractivity contribution in [1.29, 1.82) is 0 Å². The highest BCUT2D eigenvalue weighted by Crippen LogP contribution is 2.47. The van der Waals surface area contributed by atoms with Crippen molar-refractivity contribution < 1.29 is 9.85 Å². The first-order valence-electron chi connectivity index (χ1n) is 9.81. The van der Waals surface area contributed by atoms with E-state index in [2.05, 4.69) is 0 Å². The number of para-hydroxylation sites is 4. The molecule has 0 amide bonds. The zero-order chi connectivity index (χ0) is 23.5. The predicted molar refractivity (Wildman–Crippen MR) is 130 cm³/mol. The number of nitrogen functional groups attached to an aromatic ring is 2. The van der Waals surface area contributed by atoms with Crippen LogP contribution in [0.4, 0.5) is 22.7 Å². The van der Waals surface area contributed by atoms with E-state index in [-0.39, 0.29) is 21.2 Å². The minimum Gasteiger partial charge on any atom is -0.398 e. The lowest BCUT2D eigenvalue weighted by atomic mass is 10.0. The van der Waals surface area contributed by atoms with Crippen LogP contribution in [0.15, 0.2) is 94.7 Å². The summed E-state index contributed by atoms with van der Waals surface area (Å²) < 4.78 is 0. The summed E-state index contributed by atoms with van der Waals surface area (Å²) in [6, 6.07) is 23.4. The molecule has 4 aromatic carbocycles. The van der Waals surface area contributed by atoms with Crippen LogP contribution in [0.25, 0.3) is 22.3 Å². The molecule has 9 heteroatoms. The molecule has 4 aromatic rings. The quantitative estimate of drug-likeness (QED) is 0.201. The van der Waals surface area contributed by atoms with E-state index in [0.29, 0.717) is 33.6 Å². The molecule has 164 valence electrons. The Balaban J connectivity index is 1.89. The van der Waals surface area contributed by atoms with E-state index < -0.39 is 9.85 Å². The van der Waals surface area contributed by atoms with Gasteiger partial charge in [0.05, 0.1) is 30.8 Å². The van der Waals surface area contributed by atoms with Gasteiger partial charge < -0.3 is 11.5 Å². The van der Waals surface area contributed by atoms with Crippen molar-refractivity contribution in [2.45, 2.75) is 9.79 Å². The summed E-state index contributed by atoms with van der Waals surface area (Å²) in [5.41, 5.74) is 14.3. The normalized spacial score (nSPS) is 10.7. The molecule has 0 aliphatic heterocycles. The topological polar surface area (TPSA) is 138 Å². The lowest BCUT2D eigenvalue weighted by Crippen LogP contribution is -1.99. The first kappa shape index (κ1) is 21.8. The van der Waals surface area contributed by atoms with Gasteiger partial charge in [-0.1, -0.05) is 60.3 Å². The largest absolute Gasteiger partial charge is 0.398 e. The van der Waals surface area contributed by atoms with E-state index in [1.165, 1.54) is 0 Å². The smallest absolute Gasteiger partial charge is 0.291 e. The molecular weight excluding hydrogens is 440 g/mol. The molecule has 0 aliphatic carbocycles. The van der Waals surface area contributed by atoms with Crippen molar-refractivity contribution in [3.63, 3.8) is 0 Å². The van der Waals surface area contributed by atoms with Gasteiger partial charge in [0.1, 0.15) is 0 Å². The molecule has 0 saturated heterocycles. The van der Waals surface area contributed by atoms with Gasteiger partial charge in [0, 0.05) is 22.5 Å². The fourth-order valence-electron chi connectivity index (χ4n) is 3.62. The minimum atomic E-state index is -0.491. The number of rotatable bonds is 6. The van der Waals surface area contributed by atoms with Gasteiger partial charge in [0.25, 0.3) is 11.4 Å². The number of nitrogens with zero attached hydrogens (tertiary/aromatic N) is 2. The zero-order valence-electron chi connectivity index (χ0n) is 17.2. The van der Waals surface area contributed by atoms with Gasteiger partial charge >= 0.3 is 0 Å². The highest BCUT2D eigenvalue weighted by molar-refractivity contribution is 7.99. The van der Waals surface area contributed by atoms with Crippen molar-refractivity contribution in [2.75, 3.05) is 11.5 Å². The van der Waals surface area contributed by atoms with Gasteiger partial charge in [-0.05, 0) is 36.4 Å². The zero-order valence-corrected chi connectivity index (χ0v) is 18.0. The third-order valence-electron chi connectivity index (χ3n) is 5.08. The van der Waals surface area contributed by atoms with Crippen molar-refractivity contribution in [1.82, 2.24) is 0 Å². The second kappa shape index (κ2) is 9.01. The molecule has 0 heterocycles. The first-order valence-corrected chi connectivity index (χ1v) is 10.6. The molecule has 0 atom stereocenters. The molecule has 8 nitrogen and oxygen atoms in total. The average molecular weight is 458 g/mol. The van der Waals surface area contributed by atoms with E-state index in [9.17, 15) is 20.2 Å². The van der Waals surface area contributed by atoms with Gasteiger partial charge in [-0.3, -0.25) is 20.2 Å². The van der Waals surface area contributed by atoms with Crippen LogP contribution in [0.5, 0.6) is 0 Å². The van der Waals surface area contributed by atoms with E-state index >= 15 is 0 Å². The molecule has 0 radical (unpaired) electrons. The van der Waals surface area contributed by atoms with Crippen molar-refractivity contribution in [3.05, 3.63) is 105 Å². The van der Waals surface area contributed by atoms with Crippen LogP contribution in [0, 0.1) is 20.2 Å². The number of hydrogen-bond acceptors (Lipinski definition) is 7. The number of hydrogen-bond donors (Lipinski definition) is 2. The van der Waals surface area contributed by atoms with Gasteiger partial charge in [-0.15, -0.1) is 0 Å². The Kier molecular flexibility index (Phi) is 5.97. The van der Waals surface area contributed by atoms with Gasteiger partial charge in [0.2, 0.25) is 0 Å². The molecule has 4 rings (SSSR count). The Morgan fingerprint density at radius 2 is 0.909 bits per heavy atom. The standard InChI is InChI=1S/C24H18N4O4S/c25-19-11-3-1-7-15(19)17-9-5-13-21(23(17)27(29)30)33-22-14-6-10-18(24(22)28(31)32)16-8-2-4-12-20(16)26/h1-14H,25-26H2. The molecule has 33 heavy (non-hydrogen) atoms. The van der Waals surface area contributed by atoms with Gasteiger partial charge in [-0.2, -0.15) is 0 Å². The fraction of sp³-hybridized carbons (Fsp3) is 0. The van der Waals surface area contributed by atoms with Crippen LogP contribution in [-0.2, 0) is 0 Å². The summed E-state index contributed by atoms with van der Waals surface area (Å²) in [4.78, 5) is 23.7. The number of benzene rings is 4. The minimum absolute atomic E-state index is 0.167. The highest BCUT2D eigenvalue weighted by Gasteiger charge is 2.27. The second-order valence-electron chi connectivity index (χ2n) is 7.10. The molecule has 0 aliphatic rings. The maximum absolute atomic E-state index is 12.1. The lowest BCUT2D eigenvalue weighted by Gasteiger charge is -2.12. The monoisotopic (exact) mass is 458 g/mol. The Morgan fingerprint density at radius 1 is 0.545 bits per heavy atom. The first-order chi connectivity index (χ1) is 15.9. The second-order valence-corrected chi connectivity index (χ2v) is 8.18. The van der Waals surface area contributed by atoms with Gasteiger partial charge in [0.15, 0.2) is 0 Å². The summed E-state index contributed by atoms with van der Waals surface area (Å²) in [5.74, 6) is 0. The van der Waals surface area contributed by atoms with Crippen LogP contribution in [0.3, 0.4) is 0 Å². The summed E-state index contributed by atoms with van der Waals surface area (Å²) in [5, 5.41) is 24.1. The average Bonchev–Trinajstić information content (AvgIpc) is 2.79. The summed E-state index contributed by atoms with van der Waals surface area (Å²) in [6.45, 7) is 0. The number of nitro benzene ring substituents is 2. The van der Waals surface area contributed by atoms with Gasteiger partial charge in [-0.25, -0.2) is 0 Å². The summed E-state index contributed by atoms with van der Waals surface area (Å²) >= 11 is 0.962. The van der Waals surface area contributed by atoms with Crippen LogP contribution >= 0.6 is 11.8 Å². The Hall–Kier alpha value is -4.37. The fourth-order valence-corrected chi connectivity index (χ4v) is 4.72. The van der Waals surface area contributed by atoms with E-state index in [4.69, 9.17) is 11.5 Å². The lowest BCUT2D eigenvalue weighted by molar-refractivity contribution is -0.387. The highest BCUT2D eigenvalue weighted by atomic mass is 32.2.